The molecule has 0 N–H and O–H groups in total. The number of carbonyl (C=O) groups excluding carboxylic acids is 1. The van der Waals surface area contributed by atoms with Gasteiger partial charge in [0.25, 0.3) is 0 Å². The Hall–Kier alpha value is -0.550. The van der Waals surface area contributed by atoms with Crippen LogP contribution in [0.5, 0.6) is 0 Å². The number of rotatable bonds is 4. The van der Waals surface area contributed by atoms with Gasteiger partial charge in [0.05, 0.1) is 11.2 Å². The van der Waals surface area contributed by atoms with Crippen molar-refractivity contribution >= 4 is 27.5 Å². The number of unbranched alkanes of at least 4 members (excludes halogenated alkanes) is 1. The van der Waals surface area contributed by atoms with E-state index in [1.807, 2.05) is 12.2 Å². The molecule has 2 bridgehead atoms. The van der Waals surface area contributed by atoms with Gasteiger partial charge < -0.3 is 0 Å². The molecule has 3 rings (SSSR count). The molecular formula is C12H16ClNO3S. The molecule has 1 saturated carbocycles. The van der Waals surface area contributed by atoms with Crippen molar-refractivity contribution in [2.24, 2.45) is 17.8 Å². The first-order valence-corrected chi connectivity index (χ1v) is 8.41. The third-order valence-electron chi connectivity index (χ3n) is 4.31. The molecule has 0 aromatic carbocycles. The van der Waals surface area contributed by atoms with Gasteiger partial charge in [0.15, 0.2) is 0 Å². The van der Waals surface area contributed by atoms with Crippen LogP contribution in [0.15, 0.2) is 12.2 Å². The molecule has 0 spiro atoms. The average Bonchev–Trinajstić information content (AvgIpc) is 2.97. The summed E-state index contributed by atoms with van der Waals surface area (Å²) in [5, 5.41) is -0.490. The van der Waals surface area contributed by atoms with Crippen LogP contribution in [0.2, 0.25) is 0 Å². The van der Waals surface area contributed by atoms with E-state index in [4.69, 9.17) is 11.6 Å². The van der Waals surface area contributed by atoms with Crippen molar-refractivity contribution in [3.05, 3.63) is 12.2 Å². The monoisotopic (exact) mass is 289 g/mol. The molecule has 4 nitrogen and oxygen atoms in total. The number of fused-ring (bicyclic) bond motifs is 5. The second kappa shape index (κ2) is 4.23. The van der Waals surface area contributed by atoms with Crippen molar-refractivity contribution in [1.29, 1.82) is 0 Å². The Bertz CT molecular complexity index is 501. The molecule has 2 fully saturated rings. The summed E-state index contributed by atoms with van der Waals surface area (Å²) >= 11 is 5.58. The van der Waals surface area contributed by atoms with Crippen LogP contribution in [0.1, 0.15) is 19.3 Å². The molecule has 18 heavy (non-hydrogen) atoms. The Balaban J connectivity index is 1.85. The second-order valence-corrected chi connectivity index (χ2v) is 7.68. The Labute approximate surface area is 112 Å². The fourth-order valence-corrected chi connectivity index (χ4v) is 6.10. The zero-order valence-corrected chi connectivity index (χ0v) is 11.5. The predicted molar refractivity (Wildman–Crippen MR) is 68.6 cm³/mol. The minimum Gasteiger partial charge on any atom is -0.273 e. The molecule has 4 atom stereocenters. The number of halogens is 1. The lowest BCUT2D eigenvalue weighted by Gasteiger charge is -2.18. The molecular weight excluding hydrogens is 274 g/mol. The van der Waals surface area contributed by atoms with E-state index in [-0.39, 0.29) is 23.7 Å². The predicted octanol–water partition coefficient (Wildman–Crippen LogP) is 1.37. The third kappa shape index (κ3) is 1.56. The zero-order valence-electron chi connectivity index (χ0n) is 9.96. The fourth-order valence-electron chi connectivity index (χ4n) is 3.53. The Morgan fingerprint density at radius 1 is 1.28 bits per heavy atom. The molecule has 4 unspecified atom stereocenters. The molecule has 6 heteroatoms. The average molecular weight is 290 g/mol. The number of amides is 1. The lowest BCUT2D eigenvalue weighted by Crippen LogP contribution is -2.34. The largest absolute Gasteiger partial charge is 0.273 e. The van der Waals surface area contributed by atoms with Gasteiger partial charge in [-0.25, -0.2) is 12.7 Å². The smallest absolute Gasteiger partial charge is 0.241 e. The molecule has 0 radical (unpaired) electrons. The summed E-state index contributed by atoms with van der Waals surface area (Å²) in [4.78, 5) is 12.3. The van der Waals surface area contributed by atoms with Gasteiger partial charge in [-0.1, -0.05) is 12.2 Å². The van der Waals surface area contributed by atoms with Gasteiger partial charge in [-0.3, -0.25) is 4.79 Å². The Morgan fingerprint density at radius 2 is 2.00 bits per heavy atom. The molecule has 2 aliphatic carbocycles. The Kier molecular flexibility index (Phi) is 2.94. The van der Waals surface area contributed by atoms with Crippen LogP contribution in [-0.2, 0) is 14.8 Å². The highest BCUT2D eigenvalue weighted by Gasteiger charge is 2.62. The number of hydrogen-bond acceptors (Lipinski definition) is 3. The van der Waals surface area contributed by atoms with Gasteiger partial charge in [0.1, 0.15) is 0 Å². The van der Waals surface area contributed by atoms with E-state index < -0.39 is 15.3 Å². The van der Waals surface area contributed by atoms with Gasteiger partial charge >= 0.3 is 0 Å². The van der Waals surface area contributed by atoms with E-state index in [0.717, 1.165) is 17.1 Å². The topological polar surface area (TPSA) is 54.5 Å². The van der Waals surface area contributed by atoms with Crippen molar-refractivity contribution in [1.82, 2.24) is 4.31 Å². The molecule has 1 aliphatic heterocycles. The summed E-state index contributed by atoms with van der Waals surface area (Å²) in [7, 11) is -3.44. The van der Waals surface area contributed by atoms with Crippen LogP contribution < -0.4 is 0 Å². The van der Waals surface area contributed by atoms with E-state index in [2.05, 4.69) is 0 Å². The van der Waals surface area contributed by atoms with E-state index in [9.17, 15) is 13.2 Å². The first-order chi connectivity index (χ1) is 8.57. The van der Waals surface area contributed by atoms with Crippen LogP contribution in [0, 0.1) is 17.8 Å². The van der Waals surface area contributed by atoms with Crippen molar-refractivity contribution < 1.29 is 13.2 Å². The highest BCUT2D eigenvalue weighted by molar-refractivity contribution is 7.90. The van der Waals surface area contributed by atoms with Gasteiger partial charge in [-0.2, -0.15) is 0 Å². The minimum absolute atomic E-state index is 0.0481. The molecule has 0 aromatic rings. The number of hydrogen-bond donors (Lipinski definition) is 0. The van der Waals surface area contributed by atoms with Gasteiger partial charge in [0.2, 0.25) is 15.9 Å². The van der Waals surface area contributed by atoms with Crippen molar-refractivity contribution in [2.75, 3.05) is 12.4 Å². The molecule has 1 amide bonds. The van der Waals surface area contributed by atoms with Gasteiger partial charge in [-0.15, -0.1) is 11.6 Å². The molecule has 3 aliphatic rings. The summed E-state index contributed by atoms with van der Waals surface area (Å²) < 4.78 is 25.9. The van der Waals surface area contributed by atoms with Crippen LogP contribution in [0.25, 0.3) is 0 Å². The highest BCUT2D eigenvalue weighted by Crippen LogP contribution is 2.52. The maximum absolute atomic E-state index is 12.4. The summed E-state index contributed by atoms with van der Waals surface area (Å²) in [6, 6.07) is 0. The summed E-state index contributed by atoms with van der Waals surface area (Å²) in [5.41, 5.74) is 0. The van der Waals surface area contributed by atoms with Crippen LogP contribution in [0.4, 0.5) is 0 Å². The molecule has 100 valence electrons. The first-order valence-electron chi connectivity index (χ1n) is 6.37. The lowest BCUT2D eigenvalue weighted by molar-refractivity contribution is -0.129. The standard InChI is InChI=1S/C12H16ClNO3S/c13-5-1-2-6-14-12(15)10-8-3-4-9(7-8)11(10)18(14,16)17/h3-4,8-11H,1-2,5-7H2. The summed E-state index contributed by atoms with van der Waals surface area (Å²) in [6.07, 6.45) is 6.20. The van der Waals surface area contributed by atoms with E-state index in [0.29, 0.717) is 18.8 Å². The molecule has 0 aromatic heterocycles. The summed E-state index contributed by atoms with van der Waals surface area (Å²) in [6.45, 7) is 0.292. The molecule has 1 heterocycles. The van der Waals surface area contributed by atoms with E-state index >= 15 is 0 Å². The van der Waals surface area contributed by atoms with E-state index in [1.54, 1.807) is 0 Å². The number of nitrogens with zero attached hydrogens (tertiary/aromatic N) is 1. The van der Waals surface area contributed by atoms with Gasteiger partial charge in [0, 0.05) is 12.4 Å². The normalized spacial score (nSPS) is 39.6. The van der Waals surface area contributed by atoms with Crippen molar-refractivity contribution in [2.45, 2.75) is 24.5 Å². The quantitative estimate of drug-likeness (QED) is 0.446. The highest BCUT2D eigenvalue weighted by atomic mass is 35.5. The number of carbonyl (C=O) groups is 1. The molecule has 1 saturated heterocycles. The lowest BCUT2D eigenvalue weighted by atomic mass is 9.92. The van der Waals surface area contributed by atoms with Crippen molar-refractivity contribution in [3.63, 3.8) is 0 Å². The Morgan fingerprint density at radius 3 is 2.67 bits per heavy atom. The number of alkyl halides is 1. The van der Waals surface area contributed by atoms with Gasteiger partial charge in [-0.05, 0) is 31.1 Å². The first kappa shape index (κ1) is 12.5. The minimum atomic E-state index is -3.44. The third-order valence-corrected chi connectivity index (χ3v) is 6.89. The number of sulfonamides is 1. The fraction of sp³-hybridized carbons (Fsp3) is 0.750. The zero-order chi connectivity index (χ0) is 12.9. The van der Waals surface area contributed by atoms with Crippen LogP contribution >= 0.6 is 11.6 Å². The SMILES string of the molecule is O=C1C2C3C=CC(C3)C2S(=O)(=O)N1CCCCCl. The van der Waals surface area contributed by atoms with Crippen molar-refractivity contribution in [3.8, 4) is 0 Å². The summed E-state index contributed by atoms with van der Waals surface area (Å²) in [5.74, 6) is 0.182. The van der Waals surface area contributed by atoms with E-state index in [1.165, 1.54) is 0 Å². The second-order valence-electron chi connectivity index (χ2n) is 5.29. The maximum atomic E-state index is 12.4. The maximum Gasteiger partial charge on any atom is 0.241 e. The van der Waals surface area contributed by atoms with Crippen LogP contribution in [0.3, 0.4) is 0 Å². The number of allylic oxidation sites excluding steroid dienone is 2. The van der Waals surface area contributed by atoms with Crippen LogP contribution in [-0.4, -0.2) is 36.3 Å².